The maximum Gasteiger partial charge on any atom is 0.139 e. The number of thiophene rings is 1. The molecule has 0 saturated carbocycles. The standard InChI is InChI=1S/C14H19N3OS/c1-3-9(7-18)17-13-12-10-5-4-6-11(10)19-14(12)16-8(2)15-13/h9,18H,3-7H2,1-2H3,(H,15,16,17)/t9-/m1/s1. The van der Waals surface area contributed by atoms with Crippen molar-refractivity contribution in [3.8, 4) is 0 Å². The summed E-state index contributed by atoms with van der Waals surface area (Å²) in [6.45, 7) is 4.12. The third-order valence-corrected chi connectivity index (χ3v) is 4.92. The van der Waals surface area contributed by atoms with Gasteiger partial charge in [-0.05, 0) is 38.2 Å². The smallest absolute Gasteiger partial charge is 0.139 e. The average Bonchev–Trinajstić information content (AvgIpc) is 2.95. The lowest BCUT2D eigenvalue weighted by atomic mass is 10.1. The lowest BCUT2D eigenvalue weighted by molar-refractivity contribution is 0.271. The van der Waals surface area contributed by atoms with Crippen molar-refractivity contribution in [2.45, 2.75) is 45.6 Å². The van der Waals surface area contributed by atoms with Gasteiger partial charge in [0.2, 0.25) is 0 Å². The van der Waals surface area contributed by atoms with E-state index in [1.807, 2.05) is 6.92 Å². The predicted molar refractivity (Wildman–Crippen MR) is 79.0 cm³/mol. The van der Waals surface area contributed by atoms with E-state index in [0.29, 0.717) is 0 Å². The Hall–Kier alpha value is -1.20. The van der Waals surface area contributed by atoms with Crippen LogP contribution in [0.5, 0.6) is 0 Å². The first-order valence-electron chi connectivity index (χ1n) is 6.89. The molecule has 2 aromatic heterocycles. The van der Waals surface area contributed by atoms with Gasteiger partial charge in [-0.25, -0.2) is 9.97 Å². The minimum atomic E-state index is 0.0643. The first-order valence-corrected chi connectivity index (χ1v) is 7.70. The molecular weight excluding hydrogens is 258 g/mol. The van der Waals surface area contributed by atoms with Gasteiger partial charge in [0.1, 0.15) is 16.5 Å². The minimum absolute atomic E-state index is 0.0643. The molecule has 0 unspecified atom stereocenters. The number of nitrogens with zero attached hydrogens (tertiary/aromatic N) is 2. The third kappa shape index (κ3) is 2.21. The van der Waals surface area contributed by atoms with Crippen molar-refractivity contribution in [3.63, 3.8) is 0 Å². The van der Waals surface area contributed by atoms with E-state index in [1.54, 1.807) is 11.3 Å². The monoisotopic (exact) mass is 277 g/mol. The van der Waals surface area contributed by atoms with E-state index in [9.17, 15) is 5.11 Å². The molecule has 5 heteroatoms. The van der Waals surface area contributed by atoms with Crippen LogP contribution < -0.4 is 5.32 Å². The van der Waals surface area contributed by atoms with Crippen molar-refractivity contribution < 1.29 is 5.11 Å². The van der Waals surface area contributed by atoms with Gasteiger partial charge in [-0.1, -0.05) is 6.92 Å². The van der Waals surface area contributed by atoms with Gasteiger partial charge >= 0.3 is 0 Å². The number of aromatic nitrogens is 2. The highest BCUT2D eigenvalue weighted by Gasteiger charge is 2.22. The van der Waals surface area contributed by atoms with E-state index in [2.05, 4.69) is 22.2 Å². The predicted octanol–water partition coefficient (Wildman–Crippen LogP) is 2.67. The first-order chi connectivity index (χ1) is 9.22. The second-order valence-corrected chi connectivity index (χ2v) is 6.17. The number of aryl methyl sites for hydroxylation is 3. The Morgan fingerprint density at radius 1 is 1.37 bits per heavy atom. The summed E-state index contributed by atoms with van der Waals surface area (Å²) in [5, 5.41) is 13.9. The zero-order valence-electron chi connectivity index (χ0n) is 11.4. The molecule has 1 aliphatic carbocycles. The molecule has 2 heterocycles. The summed E-state index contributed by atoms with van der Waals surface area (Å²) in [6, 6.07) is 0.0643. The third-order valence-electron chi connectivity index (χ3n) is 3.73. The van der Waals surface area contributed by atoms with Gasteiger partial charge in [-0.2, -0.15) is 0 Å². The van der Waals surface area contributed by atoms with E-state index in [1.165, 1.54) is 28.7 Å². The van der Waals surface area contributed by atoms with Crippen LogP contribution in [0.1, 0.15) is 36.0 Å². The van der Waals surface area contributed by atoms with Gasteiger partial charge in [0.15, 0.2) is 0 Å². The number of hydrogen-bond donors (Lipinski definition) is 2. The van der Waals surface area contributed by atoms with Gasteiger partial charge in [0.25, 0.3) is 0 Å². The Morgan fingerprint density at radius 2 is 2.21 bits per heavy atom. The molecule has 0 fully saturated rings. The van der Waals surface area contributed by atoms with Crippen molar-refractivity contribution in [1.29, 1.82) is 0 Å². The summed E-state index contributed by atoms with van der Waals surface area (Å²) in [5.41, 5.74) is 1.43. The number of aliphatic hydroxyl groups is 1. The normalized spacial score (nSPS) is 15.7. The fourth-order valence-corrected chi connectivity index (χ4v) is 3.98. The summed E-state index contributed by atoms with van der Waals surface area (Å²) in [5.74, 6) is 1.70. The Kier molecular flexibility index (Phi) is 3.41. The lowest BCUT2D eigenvalue weighted by Crippen LogP contribution is -2.23. The highest BCUT2D eigenvalue weighted by atomic mass is 32.1. The van der Waals surface area contributed by atoms with E-state index < -0.39 is 0 Å². The molecule has 4 nitrogen and oxygen atoms in total. The number of rotatable bonds is 4. The number of nitrogens with one attached hydrogen (secondary N) is 1. The Bertz CT molecular complexity index is 604. The molecule has 2 N–H and O–H groups in total. The molecule has 0 saturated heterocycles. The van der Waals surface area contributed by atoms with Crippen LogP contribution in [-0.4, -0.2) is 27.7 Å². The van der Waals surface area contributed by atoms with Crippen LogP contribution in [-0.2, 0) is 12.8 Å². The van der Waals surface area contributed by atoms with Crippen LogP contribution in [0.4, 0.5) is 5.82 Å². The number of aliphatic hydroxyl groups excluding tert-OH is 1. The zero-order valence-corrected chi connectivity index (χ0v) is 12.2. The molecule has 0 radical (unpaired) electrons. The van der Waals surface area contributed by atoms with E-state index in [-0.39, 0.29) is 12.6 Å². The molecule has 0 aromatic carbocycles. The Morgan fingerprint density at radius 3 is 2.95 bits per heavy atom. The molecule has 102 valence electrons. The minimum Gasteiger partial charge on any atom is -0.394 e. The lowest BCUT2D eigenvalue weighted by Gasteiger charge is -2.16. The number of fused-ring (bicyclic) bond motifs is 3. The first kappa shape index (κ1) is 12.8. The van der Waals surface area contributed by atoms with Gasteiger partial charge in [0.05, 0.1) is 18.0 Å². The molecule has 0 bridgehead atoms. The van der Waals surface area contributed by atoms with E-state index in [0.717, 1.165) is 29.3 Å². The summed E-state index contributed by atoms with van der Waals surface area (Å²) in [7, 11) is 0. The van der Waals surface area contributed by atoms with Crippen LogP contribution in [0, 0.1) is 6.92 Å². The van der Waals surface area contributed by atoms with Crippen molar-refractivity contribution in [2.75, 3.05) is 11.9 Å². The maximum absolute atomic E-state index is 9.37. The summed E-state index contributed by atoms with van der Waals surface area (Å²) in [6.07, 6.45) is 4.42. The number of anilines is 1. The van der Waals surface area contributed by atoms with Gasteiger partial charge in [-0.15, -0.1) is 11.3 Å². The average molecular weight is 277 g/mol. The van der Waals surface area contributed by atoms with Crippen molar-refractivity contribution in [1.82, 2.24) is 9.97 Å². The highest BCUT2D eigenvalue weighted by molar-refractivity contribution is 7.19. The molecule has 1 atom stereocenters. The van der Waals surface area contributed by atoms with Crippen molar-refractivity contribution in [2.24, 2.45) is 0 Å². The number of hydrogen-bond acceptors (Lipinski definition) is 5. The summed E-state index contributed by atoms with van der Waals surface area (Å²) in [4.78, 5) is 11.7. The quantitative estimate of drug-likeness (QED) is 0.902. The van der Waals surface area contributed by atoms with Crippen molar-refractivity contribution >= 4 is 27.4 Å². The SMILES string of the molecule is CC[C@H](CO)Nc1nc(C)nc2sc3c(c12)CCC3. The van der Waals surface area contributed by atoms with Crippen molar-refractivity contribution in [3.05, 3.63) is 16.3 Å². The van der Waals surface area contributed by atoms with Gasteiger partial charge in [0, 0.05) is 4.88 Å². The molecule has 0 spiro atoms. The van der Waals surface area contributed by atoms with E-state index in [4.69, 9.17) is 0 Å². The zero-order chi connectivity index (χ0) is 13.4. The maximum atomic E-state index is 9.37. The van der Waals surface area contributed by atoms with Gasteiger partial charge in [-0.3, -0.25) is 0 Å². The van der Waals surface area contributed by atoms with Crippen LogP contribution in [0.2, 0.25) is 0 Å². The second kappa shape index (κ2) is 5.06. The molecule has 0 aliphatic heterocycles. The van der Waals surface area contributed by atoms with Gasteiger partial charge < -0.3 is 10.4 Å². The Balaban J connectivity index is 2.11. The van der Waals surface area contributed by atoms with Crippen LogP contribution in [0.15, 0.2) is 0 Å². The van der Waals surface area contributed by atoms with Crippen LogP contribution in [0.3, 0.4) is 0 Å². The molecular formula is C14H19N3OS. The second-order valence-electron chi connectivity index (χ2n) is 5.09. The summed E-state index contributed by atoms with van der Waals surface area (Å²) >= 11 is 1.80. The highest BCUT2D eigenvalue weighted by Crippen LogP contribution is 2.39. The largest absolute Gasteiger partial charge is 0.394 e. The molecule has 0 amide bonds. The molecule has 2 aromatic rings. The van der Waals surface area contributed by atoms with E-state index >= 15 is 0 Å². The molecule has 19 heavy (non-hydrogen) atoms. The Labute approximate surface area is 116 Å². The van der Waals surface area contributed by atoms with Crippen LogP contribution >= 0.6 is 11.3 Å². The summed E-state index contributed by atoms with van der Waals surface area (Å²) < 4.78 is 0. The molecule has 1 aliphatic rings. The van der Waals surface area contributed by atoms with Crippen LogP contribution in [0.25, 0.3) is 10.2 Å². The fourth-order valence-electron chi connectivity index (χ4n) is 2.68. The molecule has 3 rings (SSSR count). The fraction of sp³-hybridized carbons (Fsp3) is 0.571. The topological polar surface area (TPSA) is 58.0 Å².